The number of rotatable bonds is 12. The van der Waals surface area contributed by atoms with Crippen LogP contribution in [-0.2, 0) is 21.9 Å². The molecule has 0 saturated carbocycles. The fourth-order valence-electron chi connectivity index (χ4n) is 3.21. The normalized spacial score (nSPS) is 11.8. The first-order chi connectivity index (χ1) is 15.7. The summed E-state index contributed by atoms with van der Waals surface area (Å²) in [6, 6.07) is 13.0. The predicted octanol–water partition coefficient (Wildman–Crippen LogP) is 5.06. The number of nitro groups is 1. The van der Waals surface area contributed by atoms with E-state index in [1.807, 2.05) is 39.0 Å². The van der Waals surface area contributed by atoms with E-state index in [-0.39, 0.29) is 29.8 Å². The summed E-state index contributed by atoms with van der Waals surface area (Å²) in [6.07, 6.45) is 0.479. The fraction of sp³-hybridized carbons (Fsp3) is 0.417. The van der Waals surface area contributed by atoms with Gasteiger partial charge in [-0.15, -0.1) is 11.8 Å². The molecule has 0 bridgehead atoms. The average molecular weight is 492 g/mol. The molecule has 1 N–H and O–H groups in total. The fourth-order valence-corrected chi connectivity index (χ4v) is 4.27. The van der Waals surface area contributed by atoms with Crippen LogP contribution in [0.15, 0.2) is 48.5 Å². The number of carbonyl (C=O) groups is 2. The van der Waals surface area contributed by atoms with Gasteiger partial charge in [-0.2, -0.15) is 0 Å². The molecule has 7 nitrogen and oxygen atoms in total. The van der Waals surface area contributed by atoms with Crippen molar-refractivity contribution < 1.29 is 14.5 Å². The van der Waals surface area contributed by atoms with Crippen LogP contribution in [0.2, 0.25) is 5.02 Å². The van der Waals surface area contributed by atoms with Gasteiger partial charge in [-0.05, 0) is 29.5 Å². The Kier molecular flexibility index (Phi) is 10.7. The second-order valence-corrected chi connectivity index (χ2v) is 9.49. The van der Waals surface area contributed by atoms with Crippen LogP contribution in [0.1, 0.15) is 38.3 Å². The first kappa shape index (κ1) is 26.7. The smallest absolute Gasteiger partial charge is 0.269 e. The van der Waals surface area contributed by atoms with Crippen LogP contribution in [0.5, 0.6) is 0 Å². The van der Waals surface area contributed by atoms with Gasteiger partial charge in [0, 0.05) is 36.0 Å². The van der Waals surface area contributed by atoms with E-state index in [2.05, 4.69) is 5.32 Å². The Morgan fingerprint density at radius 1 is 1.15 bits per heavy atom. The molecule has 1 atom stereocenters. The van der Waals surface area contributed by atoms with Crippen LogP contribution in [0.25, 0.3) is 0 Å². The highest BCUT2D eigenvalue weighted by Gasteiger charge is 2.29. The number of nitrogens with zero attached hydrogens (tertiary/aromatic N) is 2. The standard InChI is InChI=1S/C24H30ClN3O4S/c1-4-22(24(30)26-13-17(2)3)27(14-19-7-5-6-8-21(19)25)23(29)16-33-15-18-9-11-20(12-10-18)28(31)32/h5-12,17,22H,4,13-16H2,1-3H3,(H,26,30)/t22-/m0/s1. The SMILES string of the molecule is CC[C@@H](C(=O)NCC(C)C)N(Cc1ccccc1Cl)C(=O)CSCc1ccc([N+](=O)[O-])cc1. The Balaban J connectivity index is 2.11. The summed E-state index contributed by atoms with van der Waals surface area (Å²) in [4.78, 5) is 38.1. The highest BCUT2D eigenvalue weighted by atomic mass is 35.5. The van der Waals surface area contributed by atoms with E-state index in [9.17, 15) is 19.7 Å². The zero-order valence-corrected chi connectivity index (χ0v) is 20.7. The third-order valence-corrected chi connectivity index (χ3v) is 6.37. The molecule has 2 aromatic rings. The van der Waals surface area contributed by atoms with Gasteiger partial charge in [0.2, 0.25) is 11.8 Å². The molecule has 9 heteroatoms. The van der Waals surface area contributed by atoms with E-state index in [4.69, 9.17) is 11.6 Å². The lowest BCUT2D eigenvalue weighted by atomic mass is 10.1. The van der Waals surface area contributed by atoms with Gasteiger partial charge < -0.3 is 10.2 Å². The van der Waals surface area contributed by atoms with Crippen molar-refractivity contribution in [3.63, 3.8) is 0 Å². The van der Waals surface area contributed by atoms with Gasteiger partial charge >= 0.3 is 0 Å². The van der Waals surface area contributed by atoms with E-state index in [1.54, 1.807) is 23.1 Å². The number of benzene rings is 2. The zero-order chi connectivity index (χ0) is 24.4. The number of halogens is 1. The summed E-state index contributed by atoms with van der Waals surface area (Å²) in [7, 11) is 0. The van der Waals surface area contributed by atoms with Crippen molar-refractivity contribution in [1.29, 1.82) is 0 Å². The minimum Gasteiger partial charge on any atom is -0.354 e. The van der Waals surface area contributed by atoms with Crippen LogP contribution in [0, 0.1) is 16.0 Å². The molecular weight excluding hydrogens is 462 g/mol. The van der Waals surface area contributed by atoms with Crippen molar-refractivity contribution in [2.75, 3.05) is 12.3 Å². The Morgan fingerprint density at radius 2 is 1.82 bits per heavy atom. The molecular formula is C24H30ClN3O4S. The first-order valence-corrected chi connectivity index (χ1v) is 12.4. The first-order valence-electron chi connectivity index (χ1n) is 10.8. The van der Waals surface area contributed by atoms with Crippen LogP contribution in [-0.4, -0.2) is 40.0 Å². The molecule has 2 rings (SSSR count). The Hall–Kier alpha value is -2.58. The third kappa shape index (κ3) is 8.37. The van der Waals surface area contributed by atoms with Crippen molar-refractivity contribution in [2.45, 2.75) is 45.5 Å². The minimum absolute atomic E-state index is 0.0314. The summed E-state index contributed by atoms with van der Waals surface area (Å²) in [5.41, 5.74) is 1.70. The summed E-state index contributed by atoms with van der Waals surface area (Å²) in [5, 5.41) is 14.3. The summed E-state index contributed by atoms with van der Waals surface area (Å²) >= 11 is 7.73. The number of nitrogens with one attached hydrogen (secondary N) is 1. The van der Waals surface area contributed by atoms with Gasteiger partial charge in [-0.3, -0.25) is 19.7 Å². The number of carbonyl (C=O) groups excluding carboxylic acids is 2. The molecule has 2 amide bonds. The highest BCUT2D eigenvalue weighted by Crippen LogP contribution is 2.22. The van der Waals surface area contributed by atoms with E-state index >= 15 is 0 Å². The number of hydrogen-bond acceptors (Lipinski definition) is 5. The maximum atomic E-state index is 13.2. The lowest BCUT2D eigenvalue weighted by molar-refractivity contribution is -0.384. The lowest BCUT2D eigenvalue weighted by Crippen LogP contribution is -2.50. The number of nitro benzene ring substituents is 1. The Morgan fingerprint density at radius 3 is 2.39 bits per heavy atom. The topological polar surface area (TPSA) is 92.6 Å². The van der Waals surface area contributed by atoms with E-state index in [0.29, 0.717) is 29.7 Å². The monoisotopic (exact) mass is 491 g/mol. The van der Waals surface area contributed by atoms with Crippen LogP contribution >= 0.6 is 23.4 Å². The van der Waals surface area contributed by atoms with Crippen molar-refractivity contribution in [2.24, 2.45) is 5.92 Å². The molecule has 0 aromatic heterocycles. The van der Waals surface area contributed by atoms with E-state index in [1.165, 1.54) is 23.9 Å². The molecule has 33 heavy (non-hydrogen) atoms. The zero-order valence-electron chi connectivity index (χ0n) is 19.1. The van der Waals surface area contributed by atoms with Gasteiger partial charge in [0.15, 0.2) is 0 Å². The van der Waals surface area contributed by atoms with Gasteiger partial charge in [0.25, 0.3) is 5.69 Å². The third-order valence-electron chi connectivity index (χ3n) is 5.01. The van der Waals surface area contributed by atoms with Crippen LogP contribution < -0.4 is 5.32 Å². The summed E-state index contributed by atoms with van der Waals surface area (Å²) < 4.78 is 0. The maximum absolute atomic E-state index is 13.2. The molecule has 178 valence electrons. The predicted molar refractivity (Wildman–Crippen MR) is 133 cm³/mol. The average Bonchev–Trinajstić information content (AvgIpc) is 2.79. The largest absolute Gasteiger partial charge is 0.354 e. The number of amides is 2. The van der Waals surface area contributed by atoms with E-state index in [0.717, 1.165) is 11.1 Å². The Labute approximate surface area is 204 Å². The van der Waals surface area contributed by atoms with Crippen LogP contribution in [0.4, 0.5) is 5.69 Å². The summed E-state index contributed by atoms with van der Waals surface area (Å²) in [5.74, 6) is 0.673. The molecule has 0 aliphatic carbocycles. The van der Waals surface area contributed by atoms with E-state index < -0.39 is 11.0 Å². The maximum Gasteiger partial charge on any atom is 0.269 e. The van der Waals surface area contributed by atoms with Gasteiger partial charge in [0.05, 0.1) is 10.7 Å². The molecule has 0 aliphatic heterocycles. The second kappa shape index (κ2) is 13.2. The van der Waals surface area contributed by atoms with Crippen molar-refractivity contribution in [1.82, 2.24) is 10.2 Å². The second-order valence-electron chi connectivity index (χ2n) is 8.09. The quantitative estimate of drug-likeness (QED) is 0.331. The van der Waals surface area contributed by atoms with Crippen molar-refractivity contribution in [3.05, 3.63) is 74.8 Å². The molecule has 0 unspecified atom stereocenters. The number of non-ortho nitro benzene ring substituents is 1. The van der Waals surface area contributed by atoms with Crippen LogP contribution in [0.3, 0.4) is 0 Å². The minimum atomic E-state index is -0.604. The molecule has 0 heterocycles. The lowest BCUT2D eigenvalue weighted by Gasteiger charge is -2.31. The van der Waals surface area contributed by atoms with Crippen molar-refractivity contribution >= 4 is 40.9 Å². The van der Waals surface area contributed by atoms with Crippen molar-refractivity contribution in [3.8, 4) is 0 Å². The number of thioether (sulfide) groups is 1. The number of hydrogen-bond donors (Lipinski definition) is 1. The molecule has 0 radical (unpaired) electrons. The molecule has 0 fully saturated rings. The summed E-state index contributed by atoms with van der Waals surface area (Å²) in [6.45, 7) is 6.70. The van der Waals surface area contributed by atoms with Gasteiger partial charge in [0.1, 0.15) is 6.04 Å². The molecule has 2 aromatic carbocycles. The van der Waals surface area contributed by atoms with Gasteiger partial charge in [-0.1, -0.05) is 62.7 Å². The van der Waals surface area contributed by atoms with Gasteiger partial charge in [-0.25, -0.2) is 0 Å². The molecule has 0 saturated heterocycles. The molecule has 0 spiro atoms. The molecule has 0 aliphatic rings. The Bertz CT molecular complexity index is 953. The highest BCUT2D eigenvalue weighted by molar-refractivity contribution is 7.99.